The Bertz CT molecular complexity index is 1210. The highest BCUT2D eigenvalue weighted by Gasteiger charge is 2.30. The molecular weight excluding hydrogens is 387 g/mol. The maximum absolute atomic E-state index is 13.0. The molecule has 0 N–H and O–H groups in total. The smallest absolute Gasteiger partial charge is 0.416 e. The van der Waals surface area contributed by atoms with Crippen molar-refractivity contribution < 1.29 is 17.6 Å². The minimum atomic E-state index is -4.43. The summed E-state index contributed by atoms with van der Waals surface area (Å²) < 4.78 is 45.0. The standard InChI is InChI=1S/C22H13ClF3NO/c23-16-9-10-20-18(12-16)19(13-21(28-20)14-5-2-1-3-6-14)27-17-8-4-7-15(11-17)22(24,25)26/h1-13H. The molecule has 3 aromatic carbocycles. The van der Waals surface area contributed by atoms with Crippen LogP contribution in [0.25, 0.3) is 22.3 Å². The van der Waals surface area contributed by atoms with Crippen molar-refractivity contribution in [2.24, 2.45) is 4.99 Å². The zero-order valence-corrected chi connectivity index (χ0v) is 15.1. The van der Waals surface area contributed by atoms with E-state index >= 15 is 0 Å². The number of rotatable bonds is 2. The van der Waals surface area contributed by atoms with Crippen molar-refractivity contribution in [3.63, 3.8) is 0 Å². The van der Waals surface area contributed by atoms with E-state index in [1.165, 1.54) is 12.1 Å². The van der Waals surface area contributed by atoms with Crippen molar-refractivity contribution in [2.45, 2.75) is 6.18 Å². The molecule has 0 fully saturated rings. The molecule has 28 heavy (non-hydrogen) atoms. The lowest BCUT2D eigenvalue weighted by molar-refractivity contribution is -0.137. The first-order valence-corrected chi connectivity index (χ1v) is 8.79. The average Bonchev–Trinajstić information content (AvgIpc) is 2.68. The van der Waals surface area contributed by atoms with Gasteiger partial charge in [0.15, 0.2) is 0 Å². The first-order valence-electron chi connectivity index (χ1n) is 8.41. The summed E-state index contributed by atoms with van der Waals surface area (Å²) in [4.78, 5) is 4.45. The minimum absolute atomic E-state index is 0.196. The molecule has 0 aliphatic rings. The normalized spacial score (nSPS) is 12.5. The van der Waals surface area contributed by atoms with Crippen LogP contribution in [0.5, 0.6) is 0 Å². The number of fused-ring (bicyclic) bond motifs is 1. The summed E-state index contributed by atoms with van der Waals surface area (Å²) >= 11 is 6.10. The molecule has 6 heteroatoms. The van der Waals surface area contributed by atoms with Crippen LogP contribution in [0, 0.1) is 0 Å². The number of alkyl halides is 3. The van der Waals surface area contributed by atoms with Crippen molar-refractivity contribution in [2.75, 3.05) is 0 Å². The third-order valence-electron chi connectivity index (χ3n) is 4.19. The fraction of sp³-hybridized carbons (Fsp3) is 0.0455. The van der Waals surface area contributed by atoms with Gasteiger partial charge in [-0.1, -0.05) is 48.0 Å². The lowest BCUT2D eigenvalue weighted by atomic mass is 10.1. The predicted molar refractivity (Wildman–Crippen MR) is 103 cm³/mol. The van der Waals surface area contributed by atoms with Gasteiger partial charge in [-0.15, -0.1) is 0 Å². The number of halogens is 4. The fourth-order valence-electron chi connectivity index (χ4n) is 2.87. The zero-order valence-electron chi connectivity index (χ0n) is 14.4. The molecule has 140 valence electrons. The van der Waals surface area contributed by atoms with E-state index in [1.807, 2.05) is 30.3 Å². The van der Waals surface area contributed by atoms with Crippen LogP contribution in [-0.2, 0) is 6.18 Å². The molecule has 0 saturated carbocycles. The number of hydrogen-bond donors (Lipinski definition) is 0. The Morgan fingerprint density at radius 1 is 0.821 bits per heavy atom. The van der Waals surface area contributed by atoms with Crippen LogP contribution in [0.15, 0.2) is 88.3 Å². The molecule has 0 unspecified atom stereocenters. The van der Waals surface area contributed by atoms with Gasteiger partial charge in [0.1, 0.15) is 11.3 Å². The molecule has 0 aliphatic carbocycles. The third-order valence-corrected chi connectivity index (χ3v) is 4.42. The van der Waals surface area contributed by atoms with E-state index in [-0.39, 0.29) is 5.69 Å². The van der Waals surface area contributed by atoms with Gasteiger partial charge in [0.05, 0.1) is 16.6 Å². The van der Waals surface area contributed by atoms with Crippen LogP contribution in [0.1, 0.15) is 5.56 Å². The van der Waals surface area contributed by atoms with Crippen LogP contribution in [-0.4, -0.2) is 0 Å². The maximum Gasteiger partial charge on any atom is 0.416 e. The summed E-state index contributed by atoms with van der Waals surface area (Å²) in [6.07, 6.45) is -4.43. The summed E-state index contributed by atoms with van der Waals surface area (Å²) in [5.41, 5.74) is 0.817. The van der Waals surface area contributed by atoms with Crippen molar-refractivity contribution in [3.8, 4) is 11.3 Å². The fourth-order valence-corrected chi connectivity index (χ4v) is 3.04. The molecule has 0 amide bonds. The van der Waals surface area contributed by atoms with Gasteiger partial charge in [0.2, 0.25) is 0 Å². The van der Waals surface area contributed by atoms with Crippen molar-refractivity contribution >= 4 is 28.3 Å². The van der Waals surface area contributed by atoms with E-state index in [0.29, 0.717) is 27.1 Å². The Labute approximate surface area is 163 Å². The first-order chi connectivity index (χ1) is 13.4. The van der Waals surface area contributed by atoms with Crippen LogP contribution >= 0.6 is 11.6 Å². The molecule has 0 radical (unpaired) electrons. The van der Waals surface area contributed by atoms with E-state index in [1.54, 1.807) is 24.3 Å². The third kappa shape index (κ3) is 3.80. The van der Waals surface area contributed by atoms with Gasteiger partial charge in [0, 0.05) is 22.0 Å². The molecule has 0 spiro atoms. The van der Waals surface area contributed by atoms with Crippen molar-refractivity contribution in [1.29, 1.82) is 0 Å². The van der Waals surface area contributed by atoms with Crippen LogP contribution in [0.2, 0.25) is 5.02 Å². The van der Waals surface area contributed by atoms with Crippen LogP contribution < -0.4 is 5.36 Å². The largest absolute Gasteiger partial charge is 0.456 e. The highest BCUT2D eigenvalue weighted by Crippen LogP contribution is 2.31. The summed E-state index contributed by atoms with van der Waals surface area (Å²) in [5, 5.41) is 1.57. The molecular formula is C22H13ClF3NO. The van der Waals surface area contributed by atoms with Crippen LogP contribution in [0.3, 0.4) is 0 Å². The molecule has 4 rings (SSSR count). The molecule has 1 aromatic heterocycles. The predicted octanol–water partition coefficient (Wildman–Crippen LogP) is 7.00. The summed E-state index contributed by atoms with van der Waals surface area (Å²) in [6.45, 7) is 0. The van der Waals surface area contributed by atoms with E-state index in [2.05, 4.69) is 4.99 Å². The van der Waals surface area contributed by atoms with E-state index in [9.17, 15) is 13.2 Å². The Hall–Kier alpha value is -3.05. The molecule has 0 saturated heterocycles. The van der Waals surface area contributed by atoms with Gasteiger partial charge < -0.3 is 4.42 Å². The van der Waals surface area contributed by atoms with E-state index in [4.69, 9.17) is 16.0 Å². The van der Waals surface area contributed by atoms with Gasteiger partial charge >= 0.3 is 6.18 Å². The van der Waals surface area contributed by atoms with E-state index < -0.39 is 11.7 Å². The second kappa shape index (κ2) is 7.17. The summed E-state index contributed by atoms with van der Waals surface area (Å²) in [5.74, 6) is 0.557. The average molecular weight is 400 g/mol. The van der Waals surface area contributed by atoms with Gasteiger partial charge in [-0.25, -0.2) is 4.99 Å². The number of hydrogen-bond acceptors (Lipinski definition) is 2. The molecule has 4 aromatic rings. The number of nitrogens with zero attached hydrogens (tertiary/aromatic N) is 1. The second-order valence-corrected chi connectivity index (χ2v) is 6.60. The van der Waals surface area contributed by atoms with Gasteiger partial charge in [-0.3, -0.25) is 0 Å². The molecule has 0 bridgehead atoms. The lowest BCUT2D eigenvalue weighted by Crippen LogP contribution is -2.05. The van der Waals surface area contributed by atoms with E-state index in [0.717, 1.165) is 17.7 Å². The highest BCUT2D eigenvalue weighted by molar-refractivity contribution is 6.31. The van der Waals surface area contributed by atoms with Crippen LogP contribution in [0.4, 0.5) is 18.9 Å². The Kier molecular flexibility index (Phi) is 4.69. The second-order valence-electron chi connectivity index (χ2n) is 6.16. The Morgan fingerprint density at radius 3 is 2.36 bits per heavy atom. The summed E-state index contributed by atoms with van der Waals surface area (Å²) in [6, 6.07) is 21.1. The minimum Gasteiger partial charge on any atom is -0.456 e. The van der Waals surface area contributed by atoms with Crippen molar-refractivity contribution in [3.05, 3.63) is 94.8 Å². The topological polar surface area (TPSA) is 25.5 Å². The monoisotopic (exact) mass is 399 g/mol. The van der Waals surface area contributed by atoms with Crippen molar-refractivity contribution in [1.82, 2.24) is 0 Å². The Balaban J connectivity index is 1.97. The highest BCUT2D eigenvalue weighted by atomic mass is 35.5. The SMILES string of the molecule is FC(F)(F)c1cccc(N=c2cc(-c3ccccc3)oc3ccc(Cl)cc23)c1. The van der Waals surface area contributed by atoms with Gasteiger partial charge in [0.25, 0.3) is 0 Å². The zero-order chi connectivity index (χ0) is 19.7. The lowest BCUT2D eigenvalue weighted by Gasteiger charge is -2.07. The Morgan fingerprint density at radius 2 is 1.61 bits per heavy atom. The molecule has 0 aliphatic heterocycles. The maximum atomic E-state index is 13.0. The summed E-state index contributed by atoms with van der Waals surface area (Å²) in [7, 11) is 0. The quantitative estimate of drug-likeness (QED) is 0.356. The van der Waals surface area contributed by atoms with Gasteiger partial charge in [-0.05, 0) is 36.4 Å². The van der Waals surface area contributed by atoms with Gasteiger partial charge in [-0.2, -0.15) is 13.2 Å². The molecule has 0 atom stereocenters. The number of benzene rings is 3. The molecule has 2 nitrogen and oxygen atoms in total. The molecule has 1 heterocycles. The first kappa shape index (κ1) is 18.3.